The Labute approximate surface area is 118 Å². The molecule has 0 radical (unpaired) electrons. The Morgan fingerprint density at radius 2 is 2.10 bits per heavy atom. The summed E-state index contributed by atoms with van der Waals surface area (Å²) in [5.74, 6) is 0.0219. The predicted octanol–water partition coefficient (Wildman–Crippen LogP) is 1.83. The van der Waals surface area contributed by atoms with Gasteiger partial charge in [0.05, 0.1) is 11.0 Å². The van der Waals surface area contributed by atoms with Crippen molar-refractivity contribution in [3.8, 4) is 0 Å². The molecule has 1 aromatic carbocycles. The Kier molecular flexibility index (Phi) is 3.56. The number of rotatable bonds is 3. The number of aryl methyl sites for hydroxylation is 1. The molecular formula is C15H21N3O2. The van der Waals surface area contributed by atoms with Gasteiger partial charge in [-0.2, -0.15) is 0 Å². The molecule has 1 unspecified atom stereocenters. The maximum Gasteiger partial charge on any atom is 0.320 e. The summed E-state index contributed by atoms with van der Waals surface area (Å²) in [5, 5.41) is 8.87. The summed E-state index contributed by atoms with van der Waals surface area (Å²) in [6.45, 7) is 6.36. The van der Waals surface area contributed by atoms with E-state index in [-0.39, 0.29) is 5.41 Å². The number of imidazole rings is 1. The van der Waals surface area contributed by atoms with Crippen LogP contribution in [0, 0.1) is 0 Å². The largest absolute Gasteiger partial charge is 0.480 e. The highest BCUT2D eigenvalue weighted by Crippen LogP contribution is 2.26. The lowest BCUT2D eigenvalue weighted by atomic mass is 9.96. The molecule has 1 atom stereocenters. The Bertz CT molecular complexity index is 653. The normalized spacial score (nSPS) is 13.7. The van der Waals surface area contributed by atoms with Crippen LogP contribution in [0.3, 0.4) is 0 Å². The van der Waals surface area contributed by atoms with Gasteiger partial charge in [0.1, 0.15) is 11.9 Å². The number of carboxylic acids is 1. The molecule has 20 heavy (non-hydrogen) atoms. The van der Waals surface area contributed by atoms with Gasteiger partial charge in [0.2, 0.25) is 0 Å². The molecule has 1 heterocycles. The smallest absolute Gasteiger partial charge is 0.320 e. The zero-order valence-electron chi connectivity index (χ0n) is 12.3. The molecule has 0 fully saturated rings. The number of nitrogens with two attached hydrogens (primary N) is 1. The van der Waals surface area contributed by atoms with Gasteiger partial charge in [-0.1, -0.05) is 26.8 Å². The van der Waals surface area contributed by atoms with E-state index < -0.39 is 12.0 Å². The average molecular weight is 275 g/mol. The van der Waals surface area contributed by atoms with Crippen molar-refractivity contribution in [1.29, 1.82) is 0 Å². The molecule has 0 aliphatic rings. The number of aliphatic carboxylic acids is 1. The maximum absolute atomic E-state index is 10.8. The molecule has 0 aliphatic carbocycles. The molecule has 1 aromatic heterocycles. The van der Waals surface area contributed by atoms with E-state index in [1.807, 2.05) is 25.2 Å². The number of fused-ring (bicyclic) bond motifs is 1. The molecule has 3 N–H and O–H groups in total. The highest BCUT2D eigenvalue weighted by atomic mass is 16.4. The second-order valence-corrected chi connectivity index (χ2v) is 6.22. The fourth-order valence-electron chi connectivity index (χ4n) is 2.38. The quantitative estimate of drug-likeness (QED) is 0.895. The molecule has 2 rings (SSSR count). The van der Waals surface area contributed by atoms with Gasteiger partial charge in [-0.25, -0.2) is 4.98 Å². The number of benzene rings is 1. The number of carbonyl (C=O) groups is 1. The predicted molar refractivity (Wildman–Crippen MR) is 78.7 cm³/mol. The summed E-state index contributed by atoms with van der Waals surface area (Å²) in [5.41, 5.74) is 8.36. The Hall–Kier alpha value is -1.88. The van der Waals surface area contributed by atoms with Crippen molar-refractivity contribution in [3.63, 3.8) is 0 Å². The van der Waals surface area contributed by atoms with Gasteiger partial charge < -0.3 is 15.4 Å². The van der Waals surface area contributed by atoms with Gasteiger partial charge in [0.15, 0.2) is 0 Å². The highest BCUT2D eigenvalue weighted by Gasteiger charge is 2.21. The molecule has 0 amide bonds. The van der Waals surface area contributed by atoms with Gasteiger partial charge in [0, 0.05) is 12.5 Å². The number of nitrogens with zero attached hydrogens (tertiary/aromatic N) is 2. The first kappa shape index (κ1) is 14.5. The molecule has 0 spiro atoms. The van der Waals surface area contributed by atoms with Gasteiger partial charge in [-0.3, -0.25) is 4.79 Å². The zero-order chi connectivity index (χ0) is 15.1. The van der Waals surface area contributed by atoms with Crippen LogP contribution in [0.15, 0.2) is 18.2 Å². The maximum atomic E-state index is 10.8. The number of hydrogen-bond acceptors (Lipinski definition) is 3. The highest BCUT2D eigenvalue weighted by molar-refractivity contribution is 5.78. The van der Waals surface area contributed by atoms with Crippen LogP contribution in [0.5, 0.6) is 0 Å². The van der Waals surface area contributed by atoms with Crippen LogP contribution < -0.4 is 5.73 Å². The lowest BCUT2D eigenvalue weighted by Gasteiger charge is -2.17. The van der Waals surface area contributed by atoms with Crippen LogP contribution in [-0.2, 0) is 23.7 Å². The van der Waals surface area contributed by atoms with Crippen molar-refractivity contribution in [3.05, 3.63) is 29.6 Å². The van der Waals surface area contributed by atoms with Crippen LogP contribution in [0.2, 0.25) is 0 Å². The second-order valence-electron chi connectivity index (χ2n) is 6.22. The van der Waals surface area contributed by atoms with E-state index in [1.165, 1.54) is 0 Å². The van der Waals surface area contributed by atoms with E-state index in [0.29, 0.717) is 6.42 Å². The van der Waals surface area contributed by atoms with E-state index in [0.717, 1.165) is 22.4 Å². The summed E-state index contributed by atoms with van der Waals surface area (Å²) in [6, 6.07) is 4.94. The fraction of sp³-hybridized carbons (Fsp3) is 0.467. The van der Waals surface area contributed by atoms with Crippen LogP contribution in [0.1, 0.15) is 32.2 Å². The van der Waals surface area contributed by atoms with Crippen molar-refractivity contribution in [2.24, 2.45) is 12.8 Å². The third kappa shape index (κ3) is 2.67. The first-order valence-electron chi connectivity index (χ1n) is 6.64. The summed E-state index contributed by atoms with van der Waals surface area (Å²) >= 11 is 0. The Balaban J connectivity index is 2.43. The third-order valence-corrected chi connectivity index (χ3v) is 3.39. The summed E-state index contributed by atoms with van der Waals surface area (Å²) in [7, 11) is 2.00. The molecule has 0 aliphatic heterocycles. The molecule has 5 heteroatoms. The SMILES string of the molecule is Cn1c(C(C)(C)C)nc2cc(CC(N)C(=O)O)ccc21. The van der Waals surface area contributed by atoms with Crippen molar-refractivity contribution in [1.82, 2.24) is 9.55 Å². The first-order valence-corrected chi connectivity index (χ1v) is 6.64. The fourth-order valence-corrected chi connectivity index (χ4v) is 2.38. The van der Waals surface area contributed by atoms with Crippen molar-refractivity contribution < 1.29 is 9.90 Å². The van der Waals surface area contributed by atoms with Crippen LogP contribution in [-0.4, -0.2) is 26.7 Å². The topological polar surface area (TPSA) is 81.1 Å². The minimum Gasteiger partial charge on any atom is -0.480 e. The number of aromatic nitrogens is 2. The summed E-state index contributed by atoms with van der Waals surface area (Å²) in [4.78, 5) is 15.5. The Morgan fingerprint density at radius 1 is 1.45 bits per heavy atom. The molecule has 2 aromatic rings. The van der Waals surface area contributed by atoms with Gasteiger partial charge in [0.25, 0.3) is 0 Å². The van der Waals surface area contributed by atoms with Crippen LogP contribution >= 0.6 is 0 Å². The third-order valence-electron chi connectivity index (χ3n) is 3.39. The second kappa shape index (κ2) is 4.90. The lowest BCUT2D eigenvalue weighted by molar-refractivity contribution is -0.138. The van der Waals surface area contributed by atoms with E-state index in [4.69, 9.17) is 10.8 Å². The van der Waals surface area contributed by atoms with Gasteiger partial charge in [-0.15, -0.1) is 0 Å². The minimum absolute atomic E-state index is 0.0363. The van der Waals surface area contributed by atoms with Crippen LogP contribution in [0.25, 0.3) is 11.0 Å². The average Bonchev–Trinajstić information content (AvgIpc) is 2.66. The monoisotopic (exact) mass is 275 g/mol. The van der Waals surface area contributed by atoms with Crippen molar-refractivity contribution in [2.45, 2.75) is 38.6 Å². The van der Waals surface area contributed by atoms with Crippen LogP contribution in [0.4, 0.5) is 0 Å². The van der Waals surface area contributed by atoms with E-state index in [9.17, 15) is 4.79 Å². The summed E-state index contributed by atoms with van der Waals surface area (Å²) < 4.78 is 2.08. The van der Waals surface area contributed by atoms with Gasteiger partial charge in [-0.05, 0) is 24.1 Å². The molecule has 0 saturated heterocycles. The zero-order valence-corrected chi connectivity index (χ0v) is 12.3. The van der Waals surface area contributed by atoms with Gasteiger partial charge >= 0.3 is 5.97 Å². The first-order chi connectivity index (χ1) is 9.20. The van der Waals surface area contributed by atoms with E-state index >= 15 is 0 Å². The van der Waals surface area contributed by atoms with E-state index in [1.54, 1.807) is 0 Å². The molecule has 108 valence electrons. The number of hydrogen-bond donors (Lipinski definition) is 2. The molecule has 0 bridgehead atoms. The lowest BCUT2D eigenvalue weighted by Crippen LogP contribution is -2.32. The molecule has 0 saturated carbocycles. The minimum atomic E-state index is -0.985. The van der Waals surface area contributed by atoms with Crippen molar-refractivity contribution in [2.75, 3.05) is 0 Å². The Morgan fingerprint density at radius 3 is 2.65 bits per heavy atom. The number of carboxylic acid groups (broad SMARTS) is 1. The van der Waals surface area contributed by atoms with Crippen molar-refractivity contribution >= 4 is 17.0 Å². The van der Waals surface area contributed by atoms with E-state index in [2.05, 4.69) is 30.3 Å². The molecular weight excluding hydrogens is 254 g/mol. The molecule has 5 nitrogen and oxygen atoms in total. The standard InChI is InChI=1S/C15H21N3O2/c1-15(2,3)14-17-11-8-9(7-10(16)13(19)20)5-6-12(11)18(14)4/h5-6,8,10H,7,16H2,1-4H3,(H,19,20). The summed E-state index contributed by atoms with van der Waals surface area (Å²) in [6.07, 6.45) is 0.312.